The lowest BCUT2D eigenvalue weighted by Gasteiger charge is -2.13. The smallest absolute Gasteiger partial charge is 0.274 e. The number of nitrogens with two attached hydrogens (primary N) is 1. The summed E-state index contributed by atoms with van der Waals surface area (Å²) >= 11 is 0. The van der Waals surface area contributed by atoms with Crippen LogP contribution < -0.4 is 15.4 Å². The maximum absolute atomic E-state index is 11.4. The van der Waals surface area contributed by atoms with Crippen LogP contribution in [0.25, 0.3) is 22.2 Å². The van der Waals surface area contributed by atoms with Gasteiger partial charge in [0.1, 0.15) is 5.65 Å². The SMILES string of the molecule is C[C@@H](NS(N)(=O)=O)c1ccc(-c2ccnc3[nH]c(=O)ccc23)cc1. The van der Waals surface area contributed by atoms with Crippen LogP contribution in [0.3, 0.4) is 0 Å². The number of H-pyrrole nitrogens is 1. The quantitative estimate of drug-likeness (QED) is 0.663. The topological polar surface area (TPSA) is 118 Å². The second kappa shape index (κ2) is 6.16. The Morgan fingerprint density at radius 1 is 1.12 bits per heavy atom. The number of benzene rings is 1. The number of fused-ring (bicyclic) bond motifs is 1. The molecule has 0 saturated heterocycles. The van der Waals surface area contributed by atoms with E-state index in [1.807, 2.05) is 30.3 Å². The molecule has 0 bridgehead atoms. The highest BCUT2D eigenvalue weighted by molar-refractivity contribution is 7.87. The fourth-order valence-corrected chi connectivity index (χ4v) is 3.21. The van der Waals surface area contributed by atoms with E-state index in [1.54, 1.807) is 19.2 Å². The largest absolute Gasteiger partial charge is 0.307 e. The standard InChI is InChI=1S/C16H16N4O3S/c1-10(20-24(17,22)23)11-2-4-12(5-3-11)13-8-9-18-16-14(13)6-7-15(21)19-16/h2-10,20H,1H3,(H2,17,22,23)(H,18,19,21)/t10-/m1/s1. The zero-order valence-electron chi connectivity index (χ0n) is 12.9. The van der Waals surface area contributed by atoms with E-state index in [2.05, 4.69) is 14.7 Å². The molecule has 1 aromatic carbocycles. The van der Waals surface area contributed by atoms with E-state index in [-0.39, 0.29) is 5.56 Å². The second-order valence-corrected chi connectivity index (χ2v) is 6.78. The Labute approximate surface area is 138 Å². The number of rotatable bonds is 4. The third-order valence-corrected chi connectivity index (χ3v) is 4.38. The molecule has 3 aromatic rings. The van der Waals surface area contributed by atoms with Crippen LogP contribution in [-0.4, -0.2) is 18.4 Å². The maximum Gasteiger partial charge on any atom is 0.274 e. The molecule has 0 radical (unpaired) electrons. The van der Waals surface area contributed by atoms with E-state index in [4.69, 9.17) is 5.14 Å². The predicted octanol–water partition coefficient (Wildman–Crippen LogP) is 1.44. The monoisotopic (exact) mass is 344 g/mol. The Morgan fingerprint density at radius 2 is 1.83 bits per heavy atom. The lowest BCUT2D eigenvalue weighted by molar-refractivity contribution is 0.568. The Kier molecular flexibility index (Phi) is 4.18. The molecule has 0 aliphatic carbocycles. The van der Waals surface area contributed by atoms with E-state index in [1.165, 1.54) is 6.07 Å². The first-order valence-electron chi connectivity index (χ1n) is 7.22. The number of nitrogens with one attached hydrogen (secondary N) is 2. The molecule has 0 fully saturated rings. The molecular formula is C16H16N4O3S. The lowest BCUT2D eigenvalue weighted by atomic mass is 10.00. The van der Waals surface area contributed by atoms with Crippen LogP contribution in [0.15, 0.2) is 53.5 Å². The Bertz CT molecular complexity index is 1040. The molecule has 0 aliphatic rings. The Hall–Kier alpha value is -2.55. The van der Waals surface area contributed by atoms with Crippen LogP contribution in [-0.2, 0) is 10.2 Å². The van der Waals surface area contributed by atoms with E-state index in [0.29, 0.717) is 5.65 Å². The molecule has 1 atom stereocenters. The second-order valence-electron chi connectivity index (χ2n) is 5.45. The summed E-state index contributed by atoms with van der Waals surface area (Å²) in [5.41, 5.74) is 2.97. The molecule has 24 heavy (non-hydrogen) atoms. The average Bonchev–Trinajstić information content (AvgIpc) is 2.52. The van der Waals surface area contributed by atoms with Gasteiger partial charge < -0.3 is 4.98 Å². The fourth-order valence-electron chi connectivity index (χ4n) is 2.58. The molecule has 3 rings (SSSR count). The zero-order valence-corrected chi connectivity index (χ0v) is 13.7. The van der Waals surface area contributed by atoms with Gasteiger partial charge in [-0.05, 0) is 35.7 Å². The van der Waals surface area contributed by atoms with Crippen LogP contribution in [0.4, 0.5) is 0 Å². The van der Waals surface area contributed by atoms with Crippen molar-refractivity contribution in [2.75, 3.05) is 0 Å². The summed E-state index contributed by atoms with van der Waals surface area (Å²) in [6.45, 7) is 1.71. The van der Waals surface area contributed by atoms with Crippen molar-refractivity contribution in [1.29, 1.82) is 0 Å². The number of aromatic amines is 1. The molecule has 0 saturated carbocycles. The van der Waals surface area contributed by atoms with Crippen LogP contribution in [0.5, 0.6) is 0 Å². The minimum Gasteiger partial charge on any atom is -0.307 e. The minimum absolute atomic E-state index is 0.203. The lowest BCUT2D eigenvalue weighted by Crippen LogP contribution is -2.32. The molecular weight excluding hydrogens is 328 g/mol. The number of nitrogens with zero attached hydrogens (tertiary/aromatic N) is 1. The van der Waals surface area contributed by atoms with E-state index >= 15 is 0 Å². The van der Waals surface area contributed by atoms with Crippen LogP contribution in [0, 0.1) is 0 Å². The van der Waals surface area contributed by atoms with Crippen LogP contribution in [0.2, 0.25) is 0 Å². The maximum atomic E-state index is 11.4. The summed E-state index contributed by atoms with van der Waals surface area (Å²) in [4.78, 5) is 18.3. The molecule has 0 aliphatic heterocycles. The molecule has 7 nitrogen and oxygen atoms in total. The Balaban J connectivity index is 1.98. The molecule has 0 amide bonds. The van der Waals surface area contributed by atoms with Gasteiger partial charge in [-0.15, -0.1) is 0 Å². The van der Waals surface area contributed by atoms with E-state index < -0.39 is 16.3 Å². The fraction of sp³-hybridized carbons (Fsp3) is 0.125. The molecule has 124 valence electrons. The molecule has 2 aromatic heterocycles. The summed E-state index contributed by atoms with van der Waals surface area (Å²) in [7, 11) is -3.76. The van der Waals surface area contributed by atoms with Crippen molar-refractivity contribution in [3.63, 3.8) is 0 Å². The van der Waals surface area contributed by atoms with Crippen molar-refractivity contribution in [2.45, 2.75) is 13.0 Å². The highest BCUT2D eigenvalue weighted by Gasteiger charge is 2.12. The van der Waals surface area contributed by atoms with E-state index in [0.717, 1.165) is 22.1 Å². The molecule has 8 heteroatoms. The van der Waals surface area contributed by atoms with Crippen molar-refractivity contribution in [3.05, 3.63) is 64.6 Å². The van der Waals surface area contributed by atoms with Gasteiger partial charge in [0.05, 0.1) is 0 Å². The average molecular weight is 344 g/mol. The van der Waals surface area contributed by atoms with Gasteiger partial charge in [-0.3, -0.25) is 4.79 Å². The number of pyridine rings is 2. The van der Waals surface area contributed by atoms with Gasteiger partial charge in [-0.2, -0.15) is 13.1 Å². The van der Waals surface area contributed by atoms with Crippen LogP contribution in [0.1, 0.15) is 18.5 Å². The van der Waals surface area contributed by atoms with Gasteiger partial charge in [0.2, 0.25) is 5.56 Å². The molecule has 0 spiro atoms. The number of hydrogen-bond donors (Lipinski definition) is 3. The summed E-state index contributed by atoms with van der Waals surface area (Å²) in [5.74, 6) is 0. The number of hydrogen-bond acceptors (Lipinski definition) is 4. The van der Waals surface area contributed by atoms with Gasteiger partial charge in [0.15, 0.2) is 0 Å². The molecule has 0 unspecified atom stereocenters. The van der Waals surface area contributed by atoms with Gasteiger partial charge in [-0.25, -0.2) is 10.1 Å². The summed E-state index contributed by atoms with van der Waals surface area (Å²) in [6.07, 6.45) is 1.63. The number of aromatic nitrogens is 2. The van der Waals surface area contributed by atoms with Crippen molar-refractivity contribution in [3.8, 4) is 11.1 Å². The van der Waals surface area contributed by atoms with Gasteiger partial charge >= 0.3 is 0 Å². The van der Waals surface area contributed by atoms with Crippen molar-refractivity contribution in [2.24, 2.45) is 5.14 Å². The first-order chi connectivity index (χ1) is 11.3. The first-order valence-corrected chi connectivity index (χ1v) is 8.76. The third kappa shape index (κ3) is 3.51. The Morgan fingerprint density at radius 3 is 2.50 bits per heavy atom. The minimum atomic E-state index is -3.76. The molecule has 4 N–H and O–H groups in total. The van der Waals surface area contributed by atoms with Gasteiger partial charge in [0.25, 0.3) is 10.2 Å². The summed E-state index contributed by atoms with van der Waals surface area (Å²) < 4.78 is 24.5. The van der Waals surface area contributed by atoms with Gasteiger partial charge in [-0.1, -0.05) is 24.3 Å². The normalized spacial score (nSPS) is 13.1. The third-order valence-electron chi connectivity index (χ3n) is 3.70. The van der Waals surface area contributed by atoms with Crippen LogP contribution >= 0.6 is 0 Å². The van der Waals surface area contributed by atoms with Crippen molar-refractivity contribution in [1.82, 2.24) is 14.7 Å². The predicted molar refractivity (Wildman–Crippen MR) is 92.5 cm³/mol. The first kappa shape index (κ1) is 16.3. The van der Waals surface area contributed by atoms with Gasteiger partial charge in [0, 0.05) is 23.7 Å². The highest BCUT2D eigenvalue weighted by Crippen LogP contribution is 2.27. The van der Waals surface area contributed by atoms with Crippen molar-refractivity contribution < 1.29 is 8.42 Å². The zero-order chi connectivity index (χ0) is 17.3. The molecule has 2 heterocycles. The highest BCUT2D eigenvalue weighted by atomic mass is 32.2. The van der Waals surface area contributed by atoms with Crippen molar-refractivity contribution >= 4 is 21.2 Å². The summed E-state index contributed by atoms with van der Waals surface area (Å²) in [6, 6.07) is 12.1. The van der Waals surface area contributed by atoms with E-state index in [9.17, 15) is 13.2 Å². The summed E-state index contributed by atoms with van der Waals surface area (Å²) in [5, 5.41) is 5.83.